The van der Waals surface area contributed by atoms with Crippen molar-refractivity contribution >= 4 is 51.2 Å². The van der Waals surface area contributed by atoms with Gasteiger partial charge in [-0.3, -0.25) is 0 Å². The summed E-state index contributed by atoms with van der Waals surface area (Å²) in [5.41, 5.74) is 12.2. The zero-order valence-corrected chi connectivity index (χ0v) is 34.3. The Bertz CT molecular complexity index is 3340. The van der Waals surface area contributed by atoms with Crippen LogP contribution in [0.4, 0.5) is 42.9 Å². The van der Waals surface area contributed by atoms with Crippen molar-refractivity contribution in [3.8, 4) is 23.3 Å². The highest BCUT2D eigenvalue weighted by Crippen LogP contribution is 2.61. The molecule has 0 unspecified atom stereocenters. The van der Waals surface area contributed by atoms with Crippen LogP contribution in [0.3, 0.4) is 0 Å². The van der Waals surface area contributed by atoms with Crippen molar-refractivity contribution in [2.45, 2.75) is 18.3 Å². The minimum absolute atomic E-state index is 0.372. The molecule has 0 aliphatic heterocycles. The van der Waals surface area contributed by atoms with Crippen molar-refractivity contribution in [2.24, 2.45) is 0 Å². The lowest BCUT2D eigenvalue weighted by Crippen LogP contribution is -2.29. The van der Waals surface area contributed by atoms with Crippen LogP contribution >= 0.6 is 0 Å². The van der Waals surface area contributed by atoms with E-state index in [2.05, 4.69) is 102 Å². The Morgan fingerprint density at radius 2 is 1.08 bits per heavy atom. The third-order valence-corrected chi connectivity index (χ3v) is 12.5. The number of hydrogen-bond donors (Lipinski definition) is 0. The third-order valence-electron chi connectivity index (χ3n) is 12.5. The zero-order valence-electron chi connectivity index (χ0n) is 34.3. The number of allylic oxidation sites excluding steroid dienone is 1. The maximum absolute atomic E-state index is 15.4. The van der Waals surface area contributed by atoms with Gasteiger partial charge in [-0.25, -0.2) is 8.78 Å². The first-order chi connectivity index (χ1) is 31.5. The number of anilines is 6. The predicted molar refractivity (Wildman–Crippen MR) is 250 cm³/mol. The lowest BCUT2D eigenvalue weighted by molar-refractivity contribution is 0.596. The molecule has 5 nitrogen and oxygen atoms in total. The molecule has 0 radical (unpaired) electrons. The number of aryl methyl sites for hydroxylation is 1. The molecule has 0 fully saturated rings. The molecule has 0 atom stereocenters. The van der Waals surface area contributed by atoms with E-state index in [0.717, 1.165) is 91.3 Å². The van der Waals surface area contributed by atoms with Gasteiger partial charge in [0.1, 0.15) is 23.0 Å². The fourth-order valence-electron chi connectivity index (χ4n) is 9.86. The minimum atomic E-state index is -0.939. The van der Waals surface area contributed by atoms with E-state index in [1.54, 1.807) is 36.4 Å². The second kappa shape index (κ2) is 15.4. The van der Waals surface area contributed by atoms with Crippen molar-refractivity contribution < 1.29 is 13.2 Å². The van der Waals surface area contributed by atoms with Gasteiger partial charge in [0.25, 0.3) is 0 Å². The Balaban J connectivity index is 1.28. The molecule has 11 rings (SSSR count). The number of halogens is 2. The van der Waals surface area contributed by atoms with Crippen molar-refractivity contribution in [1.82, 2.24) is 0 Å². The second-order valence-electron chi connectivity index (χ2n) is 16.1. The number of rotatable bonds is 8. The smallest absolute Gasteiger partial charge is 0.145 e. The Hall–Kier alpha value is -8.52. The quantitative estimate of drug-likeness (QED) is 0.153. The van der Waals surface area contributed by atoms with E-state index in [-0.39, 0.29) is 11.6 Å². The van der Waals surface area contributed by atoms with Crippen LogP contribution in [0.1, 0.15) is 51.1 Å². The van der Waals surface area contributed by atoms with Crippen LogP contribution in [-0.4, -0.2) is 0 Å². The molecule has 0 amide bonds. The second-order valence-corrected chi connectivity index (χ2v) is 16.1. The van der Waals surface area contributed by atoms with E-state index >= 15 is 8.78 Å². The van der Waals surface area contributed by atoms with Crippen LogP contribution in [-0.2, 0) is 11.8 Å². The lowest BCUT2D eigenvalue weighted by Gasteiger charge is -2.36. The average molecular weight is 831 g/mol. The zero-order chi connectivity index (χ0) is 43.4. The standard InChI is InChI=1S/C57H36F2N4O/c58-41-15-9-17-45(31-41)62(43-25-21-37(35-60)22-26-43)47-29-30-48-50(33-47)57(39-11-3-1-4-12-39,40-13-5-2-6-14-40)51-34-52(55-49-19-7-8-20-53(49)64-56(55)54(48)51)63(46-18-10-16-42(59)32-46)44-27-23-38(36-61)24-28-44/h1-6,8-18,20-34H,7,19H2. The first-order valence-electron chi connectivity index (χ1n) is 21.1. The SMILES string of the molecule is N#Cc1ccc(N(c2cccc(F)c2)c2ccc3c(c2)C(c2ccccc2)(c2ccccc2)c2cc(N(c4ccc(C#N)cc4)c4cccc(F)c4)c4c5c(oc4c2-3)C=CCC5)cc1. The number of nitrogens with zero attached hydrogens (tertiary/aromatic N) is 4. The molecule has 1 aromatic heterocycles. The van der Waals surface area contributed by atoms with Gasteiger partial charge in [-0.1, -0.05) is 84.9 Å². The Morgan fingerprint density at radius 1 is 0.531 bits per heavy atom. The number of hydrogen-bond acceptors (Lipinski definition) is 5. The molecule has 2 aliphatic carbocycles. The largest absolute Gasteiger partial charge is 0.456 e. The molecule has 0 bridgehead atoms. The summed E-state index contributed by atoms with van der Waals surface area (Å²) in [7, 11) is 0. The van der Waals surface area contributed by atoms with Crippen molar-refractivity contribution in [3.05, 3.63) is 244 Å². The third kappa shape index (κ3) is 6.09. The highest BCUT2D eigenvalue weighted by Gasteiger charge is 2.49. The van der Waals surface area contributed by atoms with Crippen LogP contribution in [0.25, 0.3) is 28.2 Å². The number of fused-ring (bicyclic) bond motifs is 7. The molecular formula is C57H36F2N4O. The summed E-state index contributed by atoms with van der Waals surface area (Å²) >= 11 is 0. The van der Waals surface area contributed by atoms with E-state index < -0.39 is 5.41 Å². The molecule has 0 saturated carbocycles. The van der Waals surface area contributed by atoms with Gasteiger partial charge in [0.15, 0.2) is 0 Å². The van der Waals surface area contributed by atoms with E-state index in [1.165, 1.54) is 24.3 Å². The van der Waals surface area contributed by atoms with Gasteiger partial charge >= 0.3 is 0 Å². The fraction of sp³-hybridized carbons (Fsp3) is 0.0526. The van der Waals surface area contributed by atoms with E-state index in [1.807, 2.05) is 53.4 Å². The molecule has 7 heteroatoms. The summed E-state index contributed by atoms with van der Waals surface area (Å²) in [5.74, 6) is 0.0327. The Kier molecular flexibility index (Phi) is 9.26. The Labute approximate surface area is 369 Å². The topological polar surface area (TPSA) is 67.2 Å². The molecule has 304 valence electrons. The molecule has 0 spiro atoms. The van der Waals surface area contributed by atoms with Crippen LogP contribution in [0.5, 0.6) is 0 Å². The van der Waals surface area contributed by atoms with Crippen LogP contribution in [0.2, 0.25) is 0 Å². The molecule has 0 N–H and O–H groups in total. The first kappa shape index (κ1) is 38.4. The first-order valence-corrected chi connectivity index (χ1v) is 21.1. The summed E-state index contributed by atoms with van der Waals surface area (Å²) in [6.07, 6.45) is 5.77. The average Bonchev–Trinajstić information content (AvgIpc) is 3.87. The molecular weight excluding hydrogens is 795 g/mol. The van der Waals surface area contributed by atoms with Gasteiger partial charge in [0.2, 0.25) is 0 Å². The van der Waals surface area contributed by atoms with Crippen LogP contribution in [0, 0.1) is 34.3 Å². The highest BCUT2D eigenvalue weighted by molar-refractivity contribution is 6.11. The van der Waals surface area contributed by atoms with Gasteiger partial charge < -0.3 is 14.2 Å². The van der Waals surface area contributed by atoms with E-state index in [4.69, 9.17) is 4.42 Å². The van der Waals surface area contributed by atoms with E-state index in [9.17, 15) is 10.5 Å². The fourth-order valence-corrected chi connectivity index (χ4v) is 9.86. The van der Waals surface area contributed by atoms with Gasteiger partial charge in [0, 0.05) is 45.0 Å². The summed E-state index contributed by atoms with van der Waals surface area (Å²) < 4.78 is 37.7. The van der Waals surface area contributed by atoms with Crippen LogP contribution < -0.4 is 9.80 Å². The monoisotopic (exact) mass is 830 g/mol. The van der Waals surface area contributed by atoms with Crippen LogP contribution in [0.15, 0.2) is 192 Å². The van der Waals surface area contributed by atoms with Gasteiger partial charge in [0.05, 0.1) is 34.4 Å². The molecule has 8 aromatic carbocycles. The van der Waals surface area contributed by atoms with Gasteiger partial charge in [-0.05, 0) is 150 Å². The van der Waals surface area contributed by atoms with E-state index in [0.29, 0.717) is 22.5 Å². The lowest BCUT2D eigenvalue weighted by atomic mass is 9.67. The predicted octanol–water partition coefficient (Wildman–Crippen LogP) is 14.7. The summed E-state index contributed by atoms with van der Waals surface area (Å²) in [5, 5.41) is 20.4. The normalized spacial score (nSPS) is 13.1. The molecule has 9 aromatic rings. The van der Waals surface area contributed by atoms with Gasteiger partial charge in [-0.2, -0.15) is 10.5 Å². The number of benzene rings is 8. The molecule has 1 heterocycles. The van der Waals surface area contributed by atoms with Crippen molar-refractivity contribution in [2.75, 3.05) is 9.80 Å². The maximum atomic E-state index is 15.4. The minimum Gasteiger partial charge on any atom is -0.456 e. The summed E-state index contributed by atoms with van der Waals surface area (Å²) in [6, 6.07) is 61.9. The van der Waals surface area contributed by atoms with Crippen molar-refractivity contribution in [1.29, 1.82) is 10.5 Å². The summed E-state index contributed by atoms with van der Waals surface area (Å²) in [4.78, 5) is 4.09. The number of nitriles is 2. The number of furan rings is 1. The highest BCUT2D eigenvalue weighted by atomic mass is 19.1. The molecule has 2 aliphatic rings. The Morgan fingerprint density at radius 3 is 1.66 bits per heavy atom. The summed E-state index contributed by atoms with van der Waals surface area (Å²) in [6.45, 7) is 0. The molecule has 64 heavy (non-hydrogen) atoms. The molecule has 0 saturated heterocycles. The van der Waals surface area contributed by atoms with Gasteiger partial charge in [-0.15, -0.1) is 0 Å². The van der Waals surface area contributed by atoms with Crippen molar-refractivity contribution in [3.63, 3.8) is 0 Å². The maximum Gasteiger partial charge on any atom is 0.145 e.